The van der Waals surface area contributed by atoms with Gasteiger partial charge in [-0.1, -0.05) is 18.2 Å². The molecule has 0 bridgehead atoms. The van der Waals surface area contributed by atoms with Crippen LogP contribution in [0.3, 0.4) is 0 Å². The first-order chi connectivity index (χ1) is 6.09. The Bertz CT molecular complexity index is 319. The Morgan fingerprint density at radius 1 is 1.23 bits per heavy atom. The number of fused-ring (bicyclic) bond motifs is 1. The molecule has 0 nitrogen and oxygen atoms in total. The topological polar surface area (TPSA) is 0 Å². The summed E-state index contributed by atoms with van der Waals surface area (Å²) in [7, 11) is 0. The quantitative estimate of drug-likeness (QED) is 0.623. The van der Waals surface area contributed by atoms with Crippen molar-refractivity contribution in [2.75, 3.05) is 5.75 Å². The first-order valence-corrected chi connectivity index (χ1v) is 4.86. The summed E-state index contributed by atoms with van der Waals surface area (Å²) in [6.45, 7) is 0. The zero-order chi connectivity index (χ0) is 9.47. The van der Waals surface area contributed by atoms with Crippen molar-refractivity contribution in [2.45, 2.75) is 17.0 Å². The highest BCUT2D eigenvalue weighted by atomic mass is 32.2. The molecule has 0 amide bonds. The Morgan fingerprint density at radius 3 is 2.62 bits per heavy atom. The molecule has 1 aromatic rings. The van der Waals surface area contributed by atoms with Crippen LogP contribution in [0.2, 0.25) is 0 Å². The van der Waals surface area contributed by atoms with Gasteiger partial charge in [0, 0.05) is 10.6 Å². The van der Waals surface area contributed by atoms with E-state index in [1.54, 1.807) is 24.3 Å². The van der Waals surface area contributed by atoms with Gasteiger partial charge in [0.25, 0.3) is 0 Å². The van der Waals surface area contributed by atoms with E-state index < -0.39 is 12.1 Å². The Balaban J connectivity index is 2.39. The van der Waals surface area contributed by atoms with Gasteiger partial charge in [0.1, 0.15) is 0 Å². The van der Waals surface area contributed by atoms with Gasteiger partial charge in [-0.15, -0.1) is 11.8 Å². The largest absolute Gasteiger partial charge is 0.396 e. The number of halogens is 3. The van der Waals surface area contributed by atoms with Crippen molar-refractivity contribution in [3.8, 4) is 0 Å². The van der Waals surface area contributed by atoms with Gasteiger partial charge in [-0.3, -0.25) is 0 Å². The van der Waals surface area contributed by atoms with Gasteiger partial charge in [0.15, 0.2) is 0 Å². The van der Waals surface area contributed by atoms with Crippen LogP contribution in [0.5, 0.6) is 0 Å². The number of hydrogen-bond acceptors (Lipinski definition) is 1. The summed E-state index contributed by atoms with van der Waals surface area (Å²) in [5.74, 6) is -1.14. The maximum Gasteiger partial charge on any atom is 0.396 e. The van der Waals surface area contributed by atoms with Gasteiger partial charge in [-0.25, -0.2) is 0 Å². The maximum atomic E-state index is 12.4. The fraction of sp³-hybridized carbons (Fsp3) is 0.333. The molecule has 0 aromatic heterocycles. The molecule has 13 heavy (non-hydrogen) atoms. The Labute approximate surface area is 78.1 Å². The average Bonchev–Trinajstić information content (AvgIpc) is 2.45. The van der Waals surface area contributed by atoms with Gasteiger partial charge < -0.3 is 0 Å². The average molecular weight is 204 g/mol. The van der Waals surface area contributed by atoms with Gasteiger partial charge in [-0.05, 0) is 11.6 Å². The van der Waals surface area contributed by atoms with E-state index in [1.165, 1.54) is 11.8 Å². The molecule has 70 valence electrons. The standard InChI is InChI=1S/C9H7F3S/c10-9(11,12)7-5-13-8-4-2-1-3-6(7)8/h1-4,7H,5H2. The fourth-order valence-electron chi connectivity index (χ4n) is 1.43. The minimum Gasteiger partial charge on any atom is -0.170 e. The molecule has 1 unspecified atom stereocenters. The highest BCUT2D eigenvalue weighted by molar-refractivity contribution is 7.99. The third-order valence-corrected chi connectivity index (χ3v) is 3.28. The first kappa shape index (κ1) is 8.94. The Hall–Kier alpha value is -0.640. The summed E-state index contributed by atoms with van der Waals surface area (Å²) in [4.78, 5) is 0.768. The predicted octanol–water partition coefficient (Wildman–Crippen LogP) is 3.44. The number of alkyl halides is 3. The zero-order valence-electron chi connectivity index (χ0n) is 6.64. The highest BCUT2D eigenvalue weighted by Gasteiger charge is 2.44. The molecule has 1 aliphatic rings. The summed E-state index contributed by atoms with van der Waals surface area (Å²) in [5, 5.41) is 0. The van der Waals surface area contributed by atoms with Crippen LogP contribution < -0.4 is 0 Å². The second-order valence-corrected chi connectivity index (χ2v) is 4.00. The minimum atomic E-state index is -4.10. The van der Waals surface area contributed by atoms with Crippen LogP contribution in [0.4, 0.5) is 13.2 Å². The van der Waals surface area contributed by atoms with Crippen molar-refractivity contribution in [3.05, 3.63) is 29.8 Å². The second kappa shape index (κ2) is 2.94. The van der Waals surface area contributed by atoms with Crippen LogP contribution in [-0.2, 0) is 0 Å². The van der Waals surface area contributed by atoms with E-state index in [-0.39, 0.29) is 5.75 Å². The van der Waals surface area contributed by atoms with Crippen LogP contribution in [0.15, 0.2) is 29.2 Å². The van der Waals surface area contributed by atoms with E-state index in [9.17, 15) is 13.2 Å². The lowest BCUT2D eigenvalue weighted by Gasteiger charge is -2.14. The van der Waals surface area contributed by atoms with Crippen molar-refractivity contribution in [2.24, 2.45) is 0 Å². The molecular formula is C9H7F3S. The van der Waals surface area contributed by atoms with Gasteiger partial charge in [-0.2, -0.15) is 13.2 Å². The summed E-state index contributed by atoms with van der Waals surface area (Å²) in [6, 6.07) is 6.73. The number of thioether (sulfide) groups is 1. The van der Waals surface area contributed by atoms with Crippen LogP contribution in [0.1, 0.15) is 11.5 Å². The van der Waals surface area contributed by atoms with Crippen molar-refractivity contribution < 1.29 is 13.2 Å². The molecule has 1 heterocycles. The van der Waals surface area contributed by atoms with E-state index in [0.717, 1.165) is 4.90 Å². The summed E-state index contributed by atoms with van der Waals surface area (Å²) < 4.78 is 37.3. The number of hydrogen-bond donors (Lipinski definition) is 0. The van der Waals surface area contributed by atoms with Gasteiger partial charge >= 0.3 is 6.18 Å². The monoisotopic (exact) mass is 204 g/mol. The molecule has 0 spiro atoms. The summed E-state index contributed by atoms with van der Waals surface area (Å²) in [6.07, 6.45) is -4.10. The van der Waals surface area contributed by atoms with Crippen molar-refractivity contribution >= 4 is 11.8 Å². The molecule has 0 saturated carbocycles. The predicted molar refractivity (Wildman–Crippen MR) is 46.0 cm³/mol. The normalized spacial score (nSPS) is 21.6. The minimum absolute atomic E-state index is 0.128. The smallest absolute Gasteiger partial charge is 0.170 e. The van der Waals surface area contributed by atoms with Gasteiger partial charge in [0.2, 0.25) is 0 Å². The highest BCUT2D eigenvalue weighted by Crippen LogP contribution is 2.47. The van der Waals surface area contributed by atoms with E-state index in [0.29, 0.717) is 5.56 Å². The molecule has 0 N–H and O–H groups in total. The Kier molecular flexibility index (Phi) is 2.02. The molecule has 0 fully saturated rings. The lowest BCUT2D eigenvalue weighted by Crippen LogP contribution is -2.20. The summed E-state index contributed by atoms with van der Waals surface area (Å²) in [5.41, 5.74) is 0.431. The van der Waals surface area contributed by atoms with Crippen LogP contribution >= 0.6 is 11.8 Å². The van der Waals surface area contributed by atoms with Gasteiger partial charge in [0.05, 0.1) is 5.92 Å². The molecule has 0 saturated heterocycles. The molecule has 4 heteroatoms. The maximum absolute atomic E-state index is 12.4. The van der Waals surface area contributed by atoms with E-state index in [2.05, 4.69) is 0 Å². The molecule has 1 aliphatic heterocycles. The molecule has 1 aromatic carbocycles. The van der Waals surface area contributed by atoms with E-state index in [1.807, 2.05) is 0 Å². The molecule has 0 aliphatic carbocycles. The van der Waals surface area contributed by atoms with E-state index >= 15 is 0 Å². The summed E-state index contributed by atoms with van der Waals surface area (Å²) >= 11 is 1.28. The molecule has 1 atom stereocenters. The molecule has 0 radical (unpaired) electrons. The zero-order valence-corrected chi connectivity index (χ0v) is 7.45. The lowest BCUT2D eigenvalue weighted by atomic mass is 10.0. The SMILES string of the molecule is FC(F)(F)C1CSc2ccccc21. The van der Waals surface area contributed by atoms with Crippen LogP contribution in [0.25, 0.3) is 0 Å². The van der Waals surface area contributed by atoms with Crippen molar-refractivity contribution in [1.29, 1.82) is 0 Å². The van der Waals surface area contributed by atoms with Crippen molar-refractivity contribution in [3.63, 3.8) is 0 Å². The van der Waals surface area contributed by atoms with Crippen LogP contribution in [0, 0.1) is 0 Å². The number of benzene rings is 1. The molecular weight excluding hydrogens is 197 g/mol. The van der Waals surface area contributed by atoms with Crippen LogP contribution in [-0.4, -0.2) is 11.9 Å². The third-order valence-electron chi connectivity index (χ3n) is 2.10. The Morgan fingerprint density at radius 2 is 1.92 bits per heavy atom. The molecule has 2 rings (SSSR count). The number of rotatable bonds is 0. The fourth-order valence-corrected chi connectivity index (χ4v) is 2.70. The third kappa shape index (κ3) is 1.55. The lowest BCUT2D eigenvalue weighted by molar-refractivity contribution is -0.144. The van der Waals surface area contributed by atoms with E-state index in [4.69, 9.17) is 0 Å². The second-order valence-electron chi connectivity index (χ2n) is 2.94. The van der Waals surface area contributed by atoms with Crippen molar-refractivity contribution in [1.82, 2.24) is 0 Å². The first-order valence-electron chi connectivity index (χ1n) is 3.87.